The predicted octanol–water partition coefficient (Wildman–Crippen LogP) is 4.66. The fourth-order valence-electron chi connectivity index (χ4n) is 2.49. The number of benzene rings is 1. The first-order valence-corrected chi connectivity index (χ1v) is 8.70. The highest BCUT2D eigenvalue weighted by atomic mass is 35.5. The van der Waals surface area contributed by atoms with Crippen LogP contribution in [0.25, 0.3) is 0 Å². The summed E-state index contributed by atoms with van der Waals surface area (Å²) in [5.41, 5.74) is 0.917. The van der Waals surface area contributed by atoms with Gasteiger partial charge in [0.1, 0.15) is 11.0 Å². The fraction of sp³-hybridized carbons (Fsp3) is 0.200. The van der Waals surface area contributed by atoms with Gasteiger partial charge in [0.2, 0.25) is 0 Å². The average Bonchev–Trinajstić information content (AvgIpc) is 2.86. The number of nitrogens with zero attached hydrogens (tertiary/aromatic N) is 2. The second-order valence-electron chi connectivity index (χ2n) is 5.15. The molecule has 0 spiro atoms. The number of hydrogen-bond acceptors (Lipinski definition) is 4. The Morgan fingerprint density at radius 3 is 2.65 bits per heavy atom. The lowest BCUT2D eigenvalue weighted by Gasteiger charge is -2.38. The van der Waals surface area contributed by atoms with Crippen LogP contribution in [0, 0.1) is 6.92 Å². The summed E-state index contributed by atoms with van der Waals surface area (Å²) in [6.07, 6.45) is -0.536. The maximum Gasteiger partial charge on any atom is 0.277 e. The Bertz CT molecular complexity index is 822. The molecule has 0 saturated carbocycles. The van der Waals surface area contributed by atoms with E-state index in [1.807, 2.05) is 13.0 Å². The minimum absolute atomic E-state index is 0.208. The van der Waals surface area contributed by atoms with Gasteiger partial charge in [0, 0.05) is 9.90 Å². The Morgan fingerprint density at radius 2 is 2.00 bits per heavy atom. The molecule has 0 saturated heterocycles. The predicted molar refractivity (Wildman–Crippen MR) is 96.9 cm³/mol. The van der Waals surface area contributed by atoms with Crippen LogP contribution in [-0.4, -0.2) is 22.3 Å². The average molecular weight is 387 g/mol. The van der Waals surface area contributed by atoms with E-state index in [1.54, 1.807) is 19.1 Å². The summed E-state index contributed by atoms with van der Waals surface area (Å²) in [6.45, 7) is 3.63. The zero-order chi connectivity index (χ0) is 16.9. The Balaban J connectivity index is 2.12. The first-order valence-electron chi connectivity index (χ1n) is 6.72. The molecule has 1 aliphatic heterocycles. The molecule has 3 rings (SSSR count). The summed E-state index contributed by atoms with van der Waals surface area (Å²) < 4.78 is 1.25. The lowest BCUT2D eigenvalue weighted by atomic mass is 10.1. The summed E-state index contributed by atoms with van der Waals surface area (Å²) in [4.78, 5) is 28.3. The van der Waals surface area contributed by atoms with Crippen molar-refractivity contribution in [2.24, 2.45) is 0 Å². The largest absolute Gasteiger partial charge is 0.285 e. The molecule has 1 aliphatic rings. The molecule has 0 N–H and O–H groups in total. The van der Waals surface area contributed by atoms with Crippen LogP contribution in [0.1, 0.15) is 31.8 Å². The number of hydrogen-bond donors (Lipinski definition) is 1. The van der Waals surface area contributed by atoms with Crippen LogP contribution in [0.4, 0.5) is 5.69 Å². The lowest BCUT2D eigenvalue weighted by molar-refractivity contribution is 0.0812. The second kappa shape index (κ2) is 6.02. The molecule has 2 heterocycles. The van der Waals surface area contributed by atoms with Crippen LogP contribution in [0.15, 0.2) is 24.3 Å². The Labute approximate surface area is 153 Å². The standard InChI is InChI=1S/C15H12Cl2N2O2S2/c1-7-5-12-13(23-7)15(21)19(22)8(2)18(12)14(20)10-4-3-9(16)6-11(10)17/h3-6,8,22H,1-2H3. The molecule has 0 fully saturated rings. The number of rotatable bonds is 1. The molecule has 1 aromatic carbocycles. The summed E-state index contributed by atoms with van der Waals surface area (Å²) in [6, 6.07) is 6.54. The molecule has 1 unspecified atom stereocenters. The second-order valence-corrected chi connectivity index (χ2v) is 7.68. The van der Waals surface area contributed by atoms with E-state index in [9.17, 15) is 9.59 Å². The van der Waals surface area contributed by atoms with Crippen molar-refractivity contribution in [2.75, 3.05) is 4.90 Å². The highest BCUT2D eigenvalue weighted by Crippen LogP contribution is 2.39. The number of anilines is 1. The van der Waals surface area contributed by atoms with E-state index in [0.29, 0.717) is 21.2 Å². The van der Waals surface area contributed by atoms with E-state index in [1.165, 1.54) is 26.6 Å². The van der Waals surface area contributed by atoms with Crippen LogP contribution in [0.2, 0.25) is 10.0 Å². The van der Waals surface area contributed by atoms with Crippen molar-refractivity contribution in [1.29, 1.82) is 0 Å². The molecule has 23 heavy (non-hydrogen) atoms. The molecule has 1 atom stereocenters. The van der Waals surface area contributed by atoms with Crippen molar-refractivity contribution in [3.63, 3.8) is 0 Å². The first-order chi connectivity index (χ1) is 10.8. The van der Waals surface area contributed by atoms with E-state index < -0.39 is 6.17 Å². The third-order valence-corrected chi connectivity index (χ3v) is 5.70. The molecule has 1 aromatic heterocycles. The third kappa shape index (κ3) is 2.74. The lowest BCUT2D eigenvalue weighted by Crippen LogP contribution is -2.51. The van der Waals surface area contributed by atoms with Gasteiger partial charge in [-0.2, -0.15) is 0 Å². The van der Waals surface area contributed by atoms with Gasteiger partial charge < -0.3 is 0 Å². The smallest absolute Gasteiger partial charge is 0.277 e. The van der Waals surface area contributed by atoms with Crippen molar-refractivity contribution < 1.29 is 9.59 Å². The van der Waals surface area contributed by atoms with Crippen molar-refractivity contribution in [2.45, 2.75) is 20.0 Å². The molecule has 8 heteroatoms. The molecular weight excluding hydrogens is 375 g/mol. The fourth-order valence-corrected chi connectivity index (χ4v) is 4.19. The van der Waals surface area contributed by atoms with Crippen LogP contribution < -0.4 is 4.90 Å². The zero-order valence-corrected chi connectivity index (χ0v) is 15.4. The SMILES string of the molecule is Cc1cc2c(s1)C(=O)N(S)C(C)N2C(=O)c1ccc(Cl)cc1Cl. The topological polar surface area (TPSA) is 40.6 Å². The first kappa shape index (κ1) is 16.6. The van der Waals surface area contributed by atoms with E-state index in [4.69, 9.17) is 23.2 Å². The monoisotopic (exact) mass is 386 g/mol. The van der Waals surface area contributed by atoms with Gasteiger partial charge in [-0.25, -0.2) is 0 Å². The summed E-state index contributed by atoms with van der Waals surface area (Å²) in [5, 5.41) is 0.724. The van der Waals surface area contributed by atoms with Gasteiger partial charge in [-0.05, 0) is 38.1 Å². The number of amides is 2. The molecule has 120 valence electrons. The van der Waals surface area contributed by atoms with Gasteiger partial charge >= 0.3 is 0 Å². The van der Waals surface area contributed by atoms with Gasteiger partial charge in [-0.15, -0.1) is 11.3 Å². The van der Waals surface area contributed by atoms with Crippen molar-refractivity contribution in [3.8, 4) is 0 Å². The number of aryl methyl sites for hydroxylation is 1. The number of thiol groups is 1. The van der Waals surface area contributed by atoms with Crippen LogP contribution >= 0.6 is 47.4 Å². The number of fused-ring (bicyclic) bond motifs is 1. The van der Waals surface area contributed by atoms with Crippen LogP contribution in [0.3, 0.4) is 0 Å². The Hall–Kier alpha value is -1.21. The third-order valence-electron chi connectivity index (χ3n) is 3.61. The molecule has 2 aromatic rings. The molecule has 4 nitrogen and oxygen atoms in total. The van der Waals surface area contributed by atoms with Gasteiger partial charge in [0.15, 0.2) is 0 Å². The maximum absolute atomic E-state index is 13.0. The van der Waals surface area contributed by atoms with Crippen LogP contribution in [0.5, 0.6) is 0 Å². The molecular formula is C15H12Cl2N2O2S2. The summed E-state index contributed by atoms with van der Waals surface area (Å²) in [7, 11) is 0. The molecule has 0 radical (unpaired) electrons. The quantitative estimate of drug-likeness (QED) is 0.724. The van der Waals surface area contributed by atoms with Gasteiger partial charge in [0.25, 0.3) is 11.8 Å². The summed E-state index contributed by atoms with van der Waals surface area (Å²) in [5.74, 6) is -0.509. The van der Waals surface area contributed by atoms with E-state index in [2.05, 4.69) is 12.8 Å². The zero-order valence-electron chi connectivity index (χ0n) is 12.2. The van der Waals surface area contributed by atoms with Crippen LogP contribution in [-0.2, 0) is 0 Å². The Kier molecular flexibility index (Phi) is 4.35. The highest BCUT2D eigenvalue weighted by Gasteiger charge is 2.39. The van der Waals surface area contributed by atoms with Gasteiger partial charge in [-0.3, -0.25) is 18.8 Å². The minimum atomic E-state index is -0.536. The normalized spacial score (nSPS) is 17.4. The number of halogens is 2. The van der Waals surface area contributed by atoms with Crippen molar-refractivity contribution in [3.05, 3.63) is 49.6 Å². The Morgan fingerprint density at radius 1 is 1.30 bits per heavy atom. The number of thiophene rings is 1. The van der Waals surface area contributed by atoms with Crippen molar-refractivity contribution in [1.82, 2.24) is 4.31 Å². The molecule has 2 amide bonds. The van der Waals surface area contributed by atoms with E-state index in [0.717, 1.165) is 4.88 Å². The highest BCUT2D eigenvalue weighted by molar-refractivity contribution is 7.78. The maximum atomic E-state index is 13.0. The molecule has 0 aliphatic carbocycles. The molecule has 0 bridgehead atoms. The van der Waals surface area contributed by atoms with Gasteiger partial charge in [0.05, 0.1) is 16.3 Å². The number of carbonyl (C=O) groups excluding carboxylic acids is 2. The number of carbonyl (C=O) groups is 2. The van der Waals surface area contributed by atoms with E-state index >= 15 is 0 Å². The minimum Gasteiger partial charge on any atom is -0.285 e. The summed E-state index contributed by atoms with van der Waals surface area (Å²) >= 11 is 17.6. The van der Waals surface area contributed by atoms with Gasteiger partial charge in [-0.1, -0.05) is 36.0 Å². The van der Waals surface area contributed by atoms with E-state index in [-0.39, 0.29) is 16.8 Å². The van der Waals surface area contributed by atoms with Crippen molar-refractivity contribution >= 4 is 64.9 Å².